The Bertz CT molecular complexity index is 480. The molecule has 0 fully saturated rings. The Morgan fingerprint density at radius 3 is 2.68 bits per heavy atom. The molecule has 2 atom stereocenters. The molecule has 0 saturated heterocycles. The van der Waals surface area contributed by atoms with Gasteiger partial charge in [0.25, 0.3) is 0 Å². The highest BCUT2D eigenvalue weighted by Gasteiger charge is 2.29. The molecule has 5 nitrogen and oxygen atoms in total. The molecule has 19 heavy (non-hydrogen) atoms. The highest BCUT2D eigenvalue weighted by atomic mass is 79.9. The van der Waals surface area contributed by atoms with Crippen molar-refractivity contribution in [2.45, 2.75) is 17.9 Å². The second-order valence-corrected chi connectivity index (χ2v) is 7.36. The van der Waals surface area contributed by atoms with Gasteiger partial charge in [0.1, 0.15) is 0 Å². The maximum atomic E-state index is 12.2. The van der Waals surface area contributed by atoms with Crippen LogP contribution in [0.1, 0.15) is 18.5 Å². The van der Waals surface area contributed by atoms with Crippen LogP contribution in [0.15, 0.2) is 27.6 Å². The Kier molecular flexibility index (Phi) is 6.10. The molecule has 0 aromatic heterocycles. The summed E-state index contributed by atoms with van der Waals surface area (Å²) in [5, 5.41) is 0. The zero-order valence-electron chi connectivity index (χ0n) is 11.4. The summed E-state index contributed by atoms with van der Waals surface area (Å²) in [6, 6.07) is 4.84. The second-order valence-electron chi connectivity index (χ2n) is 4.70. The fourth-order valence-electron chi connectivity index (χ4n) is 1.53. The lowest BCUT2D eigenvalue weighted by atomic mass is 10.1. The molecular weight excluding hydrogens is 330 g/mol. The van der Waals surface area contributed by atoms with Crippen molar-refractivity contribution in [3.63, 3.8) is 0 Å². The van der Waals surface area contributed by atoms with E-state index in [0.29, 0.717) is 18.0 Å². The zero-order chi connectivity index (χ0) is 14.6. The summed E-state index contributed by atoms with van der Waals surface area (Å²) in [6.45, 7) is 2.96. The minimum Gasteiger partial charge on any atom is -0.324 e. The first-order valence-electron chi connectivity index (χ1n) is 5.95. The standard InChI is InChI=1S/C12H20BrN3O2S/c1-9(14)11-8-10(4-5-12(11)13)19(17,18)15-6-7-16(2)3/h4-5,8-9H,6-7,14H2,1-3H3,(H-,15,17,18)/p+1/t9-/m1/s1. The lowest BCUT2D eigenvalue weighted by molar-refractivity contribution is 0.406. The number of rotatable bonds is 6. The molecule has 1 unspecified atom stereocenters. The molecule has 1 rings (SSSR count). The lowest BCUT2D eigenvalue weighted by Gasteiger charge is -2.12. The van der Waals surface area contributed by atoms with Crippen LogP contribution in [0, 0.1) is 0 Å². The highest BCUT2D eigenvalue weighted by Crippen LogP contribution is 2.26. The van der Waals surface area contributed by atoms with Gasteiger partial charge in [0.2, 0.25) is 4.90 Å². The quantitative estimate of drug-likeness (QED) is 0.684. The van der Waals surface area contributed by atoms with Crippen LogP contribution in [-0.4, -0.2) is 36.6 Å². The summed E-state index contributed by atoms with van der Waals surface area (Å²) in [6.07, 6.45) is 0. The van der Waals surface area contributed by atoms with E-state index < -0.39 is 10.4 Å². The van der Waals surface area contributed by atoms with E-state index in [4.69, 9.17) is 5.73 Å². The van der Waals surface area contributed by atoms with E-state index in [1.807, 2.05) is 25.9 Å². The van der Waals surface area contributed by atoms with Gasteiger partial charge in [-0.25, -0.2) is 0 Å². The lowest BCUT2D eigenvalue weighted by Crippen LogP contribution is -2.35. The van der Waals surface area contributed by atoms with E-state index in [1.165, 1.54) is 0 Å². The minimum atomic E-state index is -3.23. The Hall–Kier alpha value is -0.310. The molecular formula is C12H21BrN3O2S+. The van der Waals surface area contributed by atoms with Crippen LogP contribution in [0.5, 0.6) is 0 Å². The van der Waals surface area contributed by atoms with Crippen molar-refractivity contribution in [1.82, 2.24) is 9.62 Å². The van der Waals surface area contributed by atoms with E-state index in [-0.39, 0.29) is 6.04 Å². The average Bonchev–Trinajstić information content (AvgIpc) is 2.27. The van der Waals surface area contributed by atoms with Crippen LogP contribution in [0.4, 0.5) is 0 Å². The van der Waals surface area contributed by atoms with E-state index in [1.54, 1.807) is 18.2 Å². The van der Waals surface area contributed by atoms with Crippen LogP contribution in [0.2, 0.25) is 0 Å². The fraction of sp³-hybridized carbons (Fsp3) is 0.500. The molecule has 0 aliphatic rings. The second kappa shape index (κ2) is 6.92. The SMILES string of the molecule is C[C@@H](N)c1cc([S+](=O)(O)NCCN(C)C)ccc1Br. The zero-order valence-corrected chi connectivity index (χ0v) is 13.8. The van der Waals surface area contributed by atoms with E-state index in [0.717, 1.165) is 10.0 Å². The number of nitrogens with zero attached hydrogens (tertiary/aromatic N) is 1. The van der Waals surface area contributed by atoms with Gasteiger partial charge in [-0.05, 0) is 42.9 Å². The summed E-state index contributed by atoms with van der Waals surface area (Å²) >= 11 is 3.39. The molecule has 0 aliphatic heterocycles. The summed E-state index contributed by atoms with van der Waals surface area (Å²) < 4.78 is 25.8. The number of likely N-dealkylation sites (N-methyl/N-ethyl adjacent to an activating group) is 1. The summed E-state index contributed by atoms with van der Waals surface area (Å²) in [7, 11) is 0.591. The monoisotopic (exact) mass is 350 g/mol. The van der Waals surface area contributed by atoms with Crippen LogP contribution in [0.3, 0.4) is 0 Å². The van der Waals surface area contributed by atoms with Gasteiger partial charge in [0.05, 0.1) is 6.54 Å². The highest BCUT2D eigenvalue weighted by molar-refractivity contribution is 9.10. The average molecular weight is 351 g/mol. The Morgan fingerprint density at radius 1 is 1.53 bits per heavy atom. The van der Waals surface area contributed by atoms with Crippen molar-refractivity contribution in [1.29, 1.82) is 0 Å². The van der Waals surface area contributed by atoms with Gasteiger partial charge in [-0.3, -0.25) is 0 Å². The number of nitrogens with one attached hydrogen (secondary N) is 1. The molecule has 0 heterocycles. The molecule has 0 saturated carbocycles. The van der Waals surface area contributed by atoms with Crippen molar-refractivity contribution in [3.8, 4) is 0 Å². The number of nitrogens with two attached hydrogens (primary N) is 1. The van der Waals surface area contributed by atoms with Crippen molar-refractivity contribution < 1.29 is 8.76 Å². The summed E-state index contributed by atoms with van der Waals surface area (Å²) in [5.41, 5.74) is 6.65. The van der Waals surface area contributed by atoms with E-state index in [2.05, 4.69) is 20.7 Å². The predicted octanol–water partition coefficient (Wildman–Crippen LogP) is 1.87. The molecule has 0 radical (unpaired) electrons. The van der Waals surface area contributed by atoms with Crippen molar-refractivity contribution in [2.24, 2.45) is 5.73 Å². The molecule has 108 valence electrons. The van der Waals surface area contributed by atoms with Crippen LogP contribution >= 0.6 is 15.9 Å². The van der Waals surface area contributed by atoms with Gasteiger partial charge in [-0.15, -0.1) is 4.72 Å². The first-order valence-corrected chi connectivity index (χ1v) is 8.26. The summed E-state index contributed by atoms with van der Waals surface area (Å²) in [4.78, 5) is 2.29. The Labute approximate surface area is 124 Å². The molecule has 0 aliphatic carbocycles. The maximum absolute atomic E-state index is 12.2. The third-order valence-corrected chi connectivity index (χ3v) is 4.84. The molecule has 4 N–H and O–H groups in total. The van der Waals surface area contributed by atoms with Crippen molar-refractivity contribution in [3.05, 3.63) is 28.2 Å². The molecule has 7 heteroatoms. The topological polar surface area (TPSA) is 78.6 Å². The number of benzene rings is 1. The van der Waals surface area contributed by atoms with Gasteiger partial charge < -0.3 is 10.6 Å². The first-order chi connectivity index (χ1) is 8.74. The Morgan fingerprint density at radius 2 is 2.16 bits per heavy atom. The molecule has 0 bridgehead atoms. The smallest absolute Gasteiger partial charge is 0.323 e. The predicted molar refractivity (Wildman–Crippen MR) is 82.2 cm³/mol. The fourth-order valence-corrected chi connectivity index (χ4v) is 3.22. The molecule has 1 aromatic carbocycles. The Balaban J connectivity index is 2.89. The number of hydrogen-bond donors (Lipinski definition) is 3. The first kappa shape index (κ1) is 16.7. The van der Waals surface area contributed by atoms with Gasteiger partial charge in [0.15, 0.2) is 0 Å². The van der Waals surface area contributed by atoms with Crippen LogP contribution < -0.4 is 10.5 Å². The summed E-state index contributed by atoms with van der Waals surface area (Å²) in [5.74, 6) is 0. The number of halogens is 1. The van der Waals surface area contributed by atoms with E-state index >= 15 is 0 Å². The largest absolute Gasteiger partial charge is 0.324 e. The van der Waals surface area contributed by atoms with E-state index in [9.17, 15) is 8.76 Å². The van der Waals surface area contributed by atoms with Crippen LogP contribution in [-0.2, 0) is 14.6 Å². The molecule has 0 spiro atoms. The minimum absolute atomic E-state index is 0.202. The normalized spacial score (nSPS) is 16.4. The van der Waals surface area contributed by atoms with Gasteiger partial charge in [0, 0.05) is 23.1 Å². The van der Waals surface area contributed by atoms with Crippen molar-refractivity contribution in [2.75, 3.05) is 27.2 Å². The van der Waals surface area contributed by atoms with Gasteiger partial charge in [-0.2, -0.15) is 4.55 Å². The van der Waals surface area contributed by atoms with Gasteiger partial charge >= 0.3 is 10.4 Å². The molecule has 0 amide bonds. The van der Waals surface area contributed by atoms with Gasteiger partial charge in [-0.1, -0.05) is 15.9 Å². The van der Waals surface area contributed by atoms with Crippen molar-refractivity contribution >= 4 is 26.3 Å². The molecule has 1 aromatic rings. The maximum Gasteiger partial charge on any atom is 0.323 e. The third kappa shape index (κ3) is 4.94. The number of hydrogen-bond acceptors (Lipinski definition) is 3. The van der Waals surface area contributed by atoms with Crippen LogP contribution in [0.25, 0.3) is 0 Å². The third-order valence-electron chi connectivity index (χ3n) is 2.63.